The second-order valence-electron chi connectivity index (χ2n) is 4.03. The van der Waals surface area contributed by atoms with Gasteiger partial charge in [-0.25, -0.2) is 0 Å². The molecule has 2 heteroatoms. The predicted octanol–water partition coefficient (Wildman–Crippen LogP) is 1.32. The first kappa shape index (κ1) is 10.0. The maximum atomic E-state index is 3.56. The van der Waals surface area contributed by atoms with E-state index in [1.54, 1.807) is 0 Å². The van der Waals surface area contributed by atoms with Gasteiger partial charge in [-0.05, 0) is 39.4 Å². The van der Waals surface area contributed by atoms with E-state index in [4.69, 9.17) is 0 Å². The van der Waals surface area contributed by atoms with E-state index in [0.717, 1.165) is 24.5 Å². The van der Waals surface area contributed by atoms with Gasteiger partial charge in [-0.15, -0.1) is 0 Å². The van der Waals surface area contributed by atoms with Crippen LogP contribution in [0, 0.1) is 5.92 Å². The normalized spacial score (nSPS) is 38.5. The van der Waals surface area contributed by atoms with E-state index >= 15 is 0 Å². The second kappa shape index (κ2) is 4.24. The standard InChI is InChI=1S/C10H22N2/c1-5-11-10-6-7-12(4)9(3)8(10)2/h8-11H,5-7H2,1-4H3. The van der Waals surface area contributed by atoms with Crippen molar-refractivity contribution < 1.29 is 0 Å². The molecule has 1 N–H and O–H groups in total. The smallest absolute Gasteiger partial charge is 0.0120 e. The highest BCUT2D eigenvalue weighted by atomic mass is 15.2. The van der Waals surface area contributed by atoms with Gasteiger partial charge in [0, 0.05) is 12.1 Å². The molecule has 0 aromatic carbocycles. The van der Waals surface area contributed by atoms with Crippen molar-refractivity contribution in [3.8, 4) is 0 Å². The highest BCUT2D eigenvalue weighted by Gasteiger charge is 2.29. The highest BCUT2D eigenvalue weighted by molar-refractivity contribution is 4.86. The van der Waals surface area contributed by atoms with Gasteiger partial charge >= 0.3 is 0 Å². The molecule has 3 unspecified atom stereocenters. The minimum absolute atomic E-state index is 0.725. The third-order valence-corrected chi connectivity index (χ3v) is 3.35. The van der Waals surface area contributed by atoms with E-state index in [2.05, 4.69) is 38.0 Å². The second-order valence-corrected chi connectivity index (χ2v) is 4.03. The zero-order valence-electron chi connectivity index (χ0n) is 8.80. The van der Waals surface area contributed by atoms with Gasteiger partial charge in [0.2, 0.25) is 0 Å². The van der Waals surface area contributed by atoms with Gasteiger partial charge in [-0.1, -0.05) is 13.8 Å². The summed E-state index contributed by atoms with van der Waals surface area (Å²) in [5.74, 6) is 0.781. The molecule has 72 valence electrons. The Kier molecular flexibility index (Phi) is 3.53. The first-order valence-corrected chi connectivity index (χ1v) is 5.10. The third-order valence-electron chi connectivity index (χ3n) is 3.35. The van der Waals surface area contributed by atoms with Crippen molar-refractivity contribution in [3.63, 3.8) is 0 Å². The number of piperidine rings is 1. The molecule has 1 saturated heterocycles. The average molecular weight is 170 g/mol. The Labute approximate surface area is 76.3 Å². The van der Waals surface area contributed by atoms with Crippen molar-refractivity contribution in [1.29, 1.82) is 0 Å². The SMILES string of the molecule is CCNC1CCN(C)C(C)C1C. The number of hydrogen-bond acceptors (Lipinski definition) is 2. The summed E-state index contributed by atoms with van der Waals surface area (Å²) in [6.07, 6.45) is 1.30. The van der Waals surface area contributed by atoms with Crippen LogP contribution in [0.15, 0.2) is 0 Å². The molecule has 0 aromatic heterocycles. The van der Waals surface area contributed by atoms with Crippen LogP contribution in [0.3, 0.4) is 0 Å². The van der Waals surface area contributed by atoms with Gasteiger partial charge < -0.3 is 10.2 Å². The summed E-state index contributed by atoms with van der Waals surface area (Å²) < 4.78 is 0. The number of nitrogens with zero attached hydrogens (tertiary/aromatic N) is 1. The molecule has 1 heterocycles. The molecule has 1 aliphatic heterocycles. The number of nitrogens with one attached hydrogen (secondary N) is 1. The van der Waals surface area contributed by atoms with Crippen molar-refractivity contribution in [2.45, 2.75) is 39.3 Å². The molecule has 2 nitrogen and oxygen atoms in total. The van der Waals surface area contributed by atoms with Crippen molar-refractivity contribution in [2.24, 2.45) is 5.92 Å². The summed E-state index contributed by atoms with van der Waals surface area (Å²) >= 11 is 0. The molecule has 0 amide bonds. The van der Waals surface area contributed by atoms with Crippen molar-refractivity contribution in [3.05, 3.63) is 0 Å². The summed E-state index contributed by atoms with van der Waals surface area (Å²) in [5.41, 5.74) is 0. The lowest BCUT2D eigenvalue weighted by Gasteiger charge is -2.41. The highest BCUT2D eigenvalue weighted by Crippen LogP contribution is 2.21. The zero-order chi connectivity index (χ0) is 9.14. The molecular weight excluding hydrogens is 148 g/mol. The maximum absolute atomic E-state index is 3.56. The van der Waals surface area contributed by atoms with Gasteiger partial charge in [-0.3, -0.25) is 0 Å². The Morgan fingerprint density at radius 2 is 2.08 bits per heavy atom. The molecule has 1 fully saturated rings. The fraction of sp³-hybridized carbons (Fsp3) is 1.00. The zero-order valence-corrected chi connectivity index (χ0v) is 8.80. The first-order chi connectivity index (χ1) is 5.66. The molecule has 1 aliphatic rings. The third kappa shape index (κ3) is 1.99. The minimum Gasteiger partial charge on any atom is -0.314 e. The van der Waals surface area contributed by atoms with Crippen LogP contribution in [0.5, 0.6) is 0 Å². The van der Waals surface area contributed by atoms with Crippen molar-refractivity contribution in [2.75, 3.05) is 20.1 Å². The van der Waals surface area contributed by atoms with Crippen LogP contribution >= 0.6 is 0 Å². The first-order valence-electron chi connectivity index (χ1n) is 5.10. The molecule has 12 heavy (non-hydrogen) atoms. The number of rotatable bonds is 2. The Morgan fingerprint density at radius 3 is 2.67 bits per heavy atom. The largest absolute Gasteiger partial charge is 0.314 e. The van der Waals surface area contributed by atoms with Crippen LogP contribution in [0.2, 0.25) is 0 Å². The van der Waals surface area contributed by atoms with E-state index in [-0.39, 0.29) is 0 Å². The fourth-order valence-electron chi connectivity index (χ4n) is 2.10. The molecule has 0 spiro atoms. The number of likely N-dealkylation sites (tertiary alicyclic amines) is 1. The van der Waals surface area contributed by atoms with Gasteiger partial charge in [-0.2, -0.15) is 0 Å². The molecule has 0 bridgehead atoms. The summed E-state index contributed by atoms with van der Waals surface area (Å²) in [7, 11) is 2.23. The van der Waals surface area contributed by atoms with E-state index < -0.39 is 0 Å². The summed E-state index contributed by atoms with van der Waals surface area (Å²) in [6.45, 7) is 9.21. The van der Waals surface area contributed by atoms with Gasteiger partial charge in [0.05, 0.1) is 0 Å². The van der Waals surface area contributed by atoms with Crippen LogP contribution in [-0.4, -0.2) is 37.1 Å². The van der Waals surface area contributed by atoms with E-state index in [9.17, 15) is 0 Å². The summed E-state index contributed by atoms with van der Waals surface area (Å²) in [6, 6.07) is 1.46. The Bertz CT molecular complexity index is 136. The van der Waals surface area contributed by atoms with Crippen molar-refractivity contribution in [1.82, 2.24) is 10.2 Å². The van der Waals surface area contributed by atoms with Crippen LogP contribution in [0.25, 0.3) is 0 Å². The molecule has 0 radical (unpaired) electrons. The lowest BCUT2D eigenvalue weighted by molar-refractivity contribution is 0.111. The van der Waals surface area contributed by atoms with Gasteiger partial charge in [0.1, 0.15) is 0 Å². The summed E-state index contributed by atoms with van der Waals surface area (Å²) in [5, 5.41) is 3.56. The molecule has 0 saturated carbocycles. The molecule has 0 aromatic rings. The molecule has 1 rings (SSSR count). The quantitative estimate of drug-likeness (QED) is 0.672. The van der Waals surface area contributed by atoms with Crippen LogP contribution in [0.1, 0.15) is 27.2 Å². The Balaban J connectivity index is 2.46. The van der Waals surface area contributed by atoms with E-state index in [1.807, 2.05) is 0 Å². The van der Waals surface area contributed by atoms with E-state index in [1.165, 1.54) is 13.0 Å². The molecule has 3 atom stereocenters. The Hall–Kier alpha value is -0.0800. The maximum Gasteiger partial charge on any atom is 0.0120 e. The topological polar surface area (TPSA) is 15.3 Å². The monoisotopic (exact) mass is 170 g/mol. The lowest BCUT2D eigenvalue weighted by atomic mass is 9.87. The molecule has 0 aliphatic carbocycles. The predicted molar refractivity (Wildman–Crippen MR) is 53.3 cm³/mol. The summed E-state index contributed by atoms with van der Waals surface area (Å²) in [4.78, 5) is 2.46. The lowest BCUT2D eigenvalue weighted by Crippen LogP contribution is -2.51. The fourth-order valence-corrected chi connectivity index (χ4v) is 2.10. The van der Waals surface area contributed by atoms with Crippen LogP contribution in [0.4, 0.5) is 0 Å². The van der Waals surface area contributed by atoms with Crippen LogP contribution in [-0.2, 0) is 0 Å². The Morgan fingerprint density at radius 1 is 1.42 bits per heavy atom. The van der Waals surface area contributed by atoms with E-state index in [0.29, 0.717) is 0 Å². The van der Waals surface area contributed by atoms with Gasteiger partial charge in [0.25, 0.3) is 0 Å². The molecular formula is C10H22N2. The van der Waals surface area contributed by atoms with Crippen LogP contribution < -0.4 is 5.32 Å². The number of hydrogen-bond donors (Lipinski definition) is 1. The van der Waals surface area contributed by atoms with Gasteiger partial charge in [0.15, 0.2) is 0 Å². The average Bonchev–Trinajstić information content (AvgIpc) is 2.07. The van der Waals surface area contributed by atoms with Crippen molar-refractivity contribution >= 4 is 0 Å². The minimum atomic E-state index is 0.725.